The Morgan fingerprint density at radius 2 is 1.21 bits per heavy atom. The average Bonchev–Trinajstić information content (AvgIpc) is 3.48. The summed E-state index contributed by atoms with van der Waals surface area (Å²) in [4.78, 5) is 10.4. The molecule has 5 heteroatoms. The third kappa shape index (κ3) is 3.65. The van der Waals surface area contributed by atoms with E-state index in [1.165, 1.54) is 37.5 Å². The molecule has 6 aromatic carbocycles. The summed E-state index contributed by atoms with van der Waals surface area (Å²) >= 11 is 3.80. The average molecular weight is 633 g/mol. The number of hydrogen-bond donors (Lipinski definition) is 0. The fourth-order valence-electron chi connectivity index (χ4n) is 6.60. The van der Waals surface area contributed by atoms with Crippen LogP contribution >= 0.6 is 5.51 Å². The van der Waals surface area contributed by atoms with E-state index < -0.39 is 5.51 Å². The second kappa shape index (κ2) is 9.46. The van der Waals surface area contributed by atoms with Gasteiger partial charge in [-0.2, -0.15) is 0 Å². The van der Waals surface area contributed by atoms with Crippen molar-refractivity contribution in [1.82, 2.24) is 14.4 Å². The zero-order valence-electron chi connectivity index (χ0n) is 23.1. The molecule has 0 amide bonds. The van der Waals surface area contributed by atoms with Crippen LogP contribution in [-0.4, -0.2) is 29.5 Å². The van der Waals surface area contributed by atoms with Crippen molar-refractivity contribution in [2.45, 2.75) is 0 Å². The first-order valence-electron chi connectivity index (χ1n) is 14.4. The molecule has 1 atom stereocenters. The third-order valence-corrected chi connectivity index (χ3v) is 15.6. The molecule has 0 N–H and O–H groups in total. The van der Waals surface area contributed by atoms with Crippen molar-refractivity contribution in [2.75, 3.05) is 0 Å². The van der Waals surface area contributed by atoms with Crippen LogP contribution in [-0.2, 0) is 0 Å². The molecule has 9 rings (SSSR count). The van der Waals surface area contributed by atoms with Gasteiger partial charge >= 0.3 is 257 Å². The Bertz CT molecular complexity index is 2540. The molecule has 202 valence electrons. The zero-order chi connectivity index (χ0) is 28.5. The van der Waals surface area contributed by atoms with Crippen molar-refractivity contribution in [3.05, 3.63) is 146 Å². The maximum atomic E-state index is 5.49. The van der Waals surface area contributed by atoms with Gasteiger partial charge in [0.25, 0.3) is 0 Å². The minimum atomic E-state index is -2.32. The Labute approximate surface area is 255 Å². The molecule has 3 nitrogen and oxygen atoms in total. The Kier molecular flexibility index (Phi) is 5.49. The van der Waals surface area contributed by atoms with Crippen molar-refractivity contribution < 1.29 is 0 Å². The summed E-state index contributed by atoms with van der Waals surface area (Å²) in [5.74, 6) is 0. The summed E-state index contributed by atoms with van der Waals surface area (Å²) in [6.07, 6.45) is 2.07. The fraction of sp³-hybridized carbons (Fsp3) is 0. The van der Waals surface area contributed by atoms with Gasteiger partial charge in [-0.1, -0.05) is 0 Å². The number of rotatable bonds is 3. The van der Waals surface area contributed by atoms with Crippen molar-refractivity contribution >= 4 is 96.6 Å². The SMILES string of the molecule is [Se]=P(c1ccc2ccccc2c1)(c1cnc2ccccc2c1)c1cccc2c1nc1c3ccccc3c3ccccc3n21. The van der Waals surface area contributed by atoms with E-state index in [4.69, 9.17) is 9.97 Å². The molecule has 0 saturated carbocycles. The predicted octanol–water partition coefficient (Wildman–Crippen LogP) is 7.87. The monoisotopic (exact) mass is 633 g/mol. The van der Waals surface area contributed by atoms with Crippen LogP contribution in [0.3, 0.4) is 0 Å². The van der Waals surface area contributed by atoms with Crippen molar-refractivity contribution in [1.29, 1.82) is 0 Å². The van der Waals surface area contributed by atoms with Crippen molar-refractivity contribution in [3.8, 4) is 0 Å². The van der Waals surface area contributed by atoms with Gasteiger partial charge in [0.1, 0.15) is 0 Å². The van der Waals surface area contributed by atoms with Crippen LogP contribution in [0.1, 0.15) is 0 Å². The number of para-hydroxylation sites is 3. The second-order valence-electron chi connectivity index (χ2n) is 11.0. The summed E-state index contributed by atoms with van der Waals surface area (Å²) < 4.78 is 2.35. The maximum absolute atomic E-state index is 5.49. The molecule has 1 unspecified atom stereocenters. The molecule has 3 aromatic heterocycles. The molecule has 0 aliphatic heterocycles. The first-order valence-corrected chi connectivity index (χ1v) is 18.4. The number of benzene rings is 6. The van der Waals surface area contributed by atoms with Crippen LogP contribution < -0.4 is 15.9 Å². The molecule has 0 saturated heterocycles. The Morgan fingerprint density at radius 3 is 2.09 bits per heavy atom. The van der Waals surface area contributed by atoms with Gasteiger partial charge in [0, 0.05) is 0 Å². The van der Waals surface area contributed by atoms with Gasteiger partial charge < -0.3 is 0 Å². The number of imidazole rings is 1. The summed E-state index contributed by atoms with van der Waals surface area (Å²) in [6.45, 7) is 0. The molecule has 0 bridgehead atoms. The van der Waals surface area contributed by atoms with Gasteiger partial charge in [0.2, 0.25) is 0 Å². The molecule has 0 aliphatic carbocycles. The van der Waals surface area contributed by atoms with E-state index in [2.05, 4.69) is 159 Å². The summed E-state index contributed by atoms with van der Waals surface area (Å²) in [5, 5.41) is 10.9. The normalized spacial score (nSPS) is 13.4. The van der Waals surface area contributed by atoms with Crippen LogP contribution in [0, 0.1) is 0 Å². The Hall–Kier alpha value is -4.59. The van der Waals surface area contributed by atoms with Crippen molar-refractivity contribution in [3.63, 3.8) is 0 Å². The number of nitrogens with zero attached hydrogens (tertiary/aromatic N) is 3. The molecule has 0 spiro atoms. The van der Waals surface area contributed by atoms with Crippen LogP contribution in [0.25, 0.3) is 60.0 Å². The van der Waals surface area contributed by atoms with E-state index in [0.29, 0.717) is 0 Å². The summed E-state index contributed by atoms with van der Waals surface area (Å²) in [6, 6.07) is 50.1. The predicted molar refractivity (Wildman–Crippen MR) is 185 cm³/mol. The first kappa shape index (κ1) is 25.0. The molecular weight excluding hydrogens is 608 g/mol. The van der Waals surface area contributed by atoms with E-state index in [9.17, 15) is 0 Å². The van der Waals surface area contributed by atoms with Crippen LogP contribution in [0.5, 0.6) is 0 Å². The van der Waals surface area contributed by atoms with Gasteiger partial charge in [0.15, 0.2) is 0 Å². The Morgan fingerprint density at radius 1 is 0.535 bits per heavy atom. The van der Waals surface area contributed by atoms with Gasteiger partial charge in [-0.3, -0.25) is 0 Å². The second-order valence-corrected chi connectivity index (χ2v) is 17.2. The van der Waals surface area contributed by atoms with E-state index in [1.807, 2.05) is 6.07 Å². The third-order valence-electron chi connectivity index (χ3n) is 8.64. The topological polar surface area (TPSA) is 30.2 Å². The minimum absolute atomic E-state index is 0.985. The van der Waals surface area contributed by atoms with Gasteiger partial charge in [0.05, 0.1) is 0 Å². The number of pyridine rings is 2. The molecule has 43 heavy (non-hydrogen) atoms. The molecular formula is C38H24N3PSe. The molecule has 3 heterocycles. The molecule has 0 fully saturated rings. The van der Waals surface area contributed by atoms with E-state index in [-0.39, 0.29) is 0 Å². The van der Waals surface area contributed by atoms with E-state index in [1.54, 1.807) is 0 Å². The Balaban J connectivity index is 1.43. The van der Waals surface area contributed by atoms with Crippen LogP contribution in [0.4, 0.5) is 0 Å². The molecule has 9 aromatic rings. The van der Waals surface area contributed by atoms with Crippen LogP contribution in [0.2, 0.25) is 0 Å². The number of aromatic nitrogens is 3. The van der Waals surface area contributed by atoms with Gasteiger partial charge in [-0.15, -0.1) is 0 Å². The van der Waals surface area contributed by atoms with Gasteiger partial charge in [-0.25, -0.2) is 0 Å². The van der Waals surface area contributed by atoms with Gasteiger partial charge in [-0.05, 0) is 0 Å². The van der Waals surface area contributed by atoms with Crippen LogP contribution in [0.15, 0.2) is 146 Å². The fourth-order valence-corrected chi connectivity index (χ4v) is 11.6. The van der Waals surface area contributed by atoms with E-state index in [0.717, 1.165) is 38.5 Å². The summed E-state index contributed by atoms with van der Waals surface area (Å²) in [5.41, 5.74) is 2.97. The summed E-state index contributed by atoms with van der Waals surface area (Å²) in [7, 11) is 0. The zero-order valence-corrected chi connectivity index (χ0v) is 25.7. The quantitative estimate of drug-likeness (QED) is 0.113. The number of hydrogen-bond acceptors (Lipinski definition) is 2. The van der Waals surface area contributed by atoms with Crippen molar-refractivity contribution in [2.24, 2.45) is 0 Å². The first-order chi connectivity index (χ1) is 21.2. The molecule has 0 radical (unpaired) electrons. The van der Waals surface area contributed by atoms with E-state index >= 15 is 0 Å². The number of fused-ring (bicyclic) bond motifs is 10. The molecule has 0 aliphatic rings. The standard InChI is InChI=1S/C38H24N3PSe/c43-42(28-21-20-25-10-1-2-11-26(25)22-28,29-23-27-12-3-7-16-33(27)39-24-29)36-19-9-18-35-37(36)40-38-32-15-5-4-13-30(32)31-14-6-8-17-34(31)41(35)38/h1-24H.